The van der Waals surface area contributed by atoms with E-state index in [9.17, 15) is 9.60 Å². The van der Waals surface area contributed by atoms with Crippen molar-refractivity contribution in [2.75, 3.05) is 0 Å². The molecule has 0 bridgehead atoms. The van der Waals surface area contributed by atoms with E-state index >= 15 is 0 Å². The van der Waals surface area contributed by atoms with Crippen LogP contribution in [0.4, 0.5) is 4.39 Å². The number of aryl methyl sites for hydroxylation is 1. The van der Waals surface area contributed by atoms with Crippen LogP contribution in [0.25, 0.3) is 5.69 Å². The summed E-state index contributed by atoms with van der Waals surface area (Å²) in [5, 5.41) is 12.9. The van der Waals surface area contributed by atoms with Crippen LogP contribution in [-0.2, 0) is 6.54 Å². The van der Waals surface area contributed by atoms with Crippen molar-refractivity contribution in [1.29, 1.82) is 0 Å². The SMILES string of the molecule is Cc1cnc2n1-c1ccc(Br)cc1C(c1ccccc1F)=[N+]([O-])C2. The minimum absolute atomic E-state index is 0.0593. The van der Waals surface area contributed by atoms with Crippen molar-refractivity contribution in [2.24, 2.45) is 0 Å². The normalized spacial score (nSPS) is 13.5. The topological polar surface area (TPSA) is 43.9 Å². The predicted molar refractivity (Wildman–Crippen MR) is 92.9 cm³/mol. The van der Waals surface area contributed by atoms with Gasteiger partial charge in [0, 0.05) is 16.4 Å². The van der Waals surface area contributed by atoms with Crippen LogP contribution in [0.3, 0.4) is 0 Å². The highest BCUT2D eigenvalue weighted by molar-refractivity contribution is 9.10. The largest absolute Gasteiger partial charge is 0.623 e. The Kier molecular flexibility index (Phi) is 3.49. The molecule has 0 N–H and O–H groups in total. The van der Waals surface area contributed by atoms with Gasteiger partial charge in [-0.15, -0.1) is 0 Å². The molecule has 4 nitrogen and oxygen atoms in total. The van der Waals surface area contributed by atoms with E-state index in [4.69, 9.17) is 0 Å². The summed E-state index contributed by atoms with van der Waals surface area (Å²) < 4.78 is 18.0. The Morgan fingerprint density at radius 1 is 1.21 bits per heavy atom. The van der Waals surface area contributed by atoms with E-state index in [2.05, 4.69) is 20.9 Å². The highest BCUT2D eigenvalue weighted by Gasteiger charge is 2.29. The Balaban J connectivity index is 2.09. The molecule has 1 aliphatic heterocycles. The first-order valence-electron chi connectivity index (χ1n) is 7.46. The lowest BCUT2D eigenvalue weighted by atomic mass is 10.00. The van der Waals surface area contributed by atoms with Crippen molar-refractivity contribution in [2.45, 2.75) is 13.5 Å². The summed E-state index contributed by atoms with van der Waals surface area (Å²) in [6, 6.07) is 12.0. The second-order valence-electron chi connectivity index (χ2n) is 5.68. The molecule has 0 atom stereocenters. The van der Waals surface area contributed by atoms with Crippen LogP contribution in [0.15, 0.2) is 53.1 Å². The average Bonchev–Trinajstić information content (AvgIpc) is 2.85. The Bertz CT molecular complexity index is 994. The van der Waals surface area contributed by atoms with E-state index in [1.54, 1.807) is 24.4 Å². The Labute approximate surface area is 146 Å². The predicted octanol–water partition coefficient (Wildman–Crippen LogP) is 3.94. The highest BCUT2D eigenvalue weighted by Crippen LogP contribution is 2.29. The van der Waals surface area contributed by atoms with E-state index in [1.165, 1.54) is 6.07 Å². The number of hydrogen-bond acceptors (Lipinski definition) is 2. The number of hydroxylamine groups is 1. The van der Waals surface area contributed by atoms with Gasteiger partial charge in [-0.25, -0.2) is 9.37 Å². The Morgan fingerprint density at radius 2 is 2.00 bits per heavy atom. The van der Waals surface area contributed by atoms with Crippen LogP contribution in [0.2, 0.25) is 0 Å². The van der Waals surface area contributed by atoms with Crippen molar-refractivity contribution in [1.82, 2.24) is 9.55 Å². The van der Waals surface area contributed by atoms with Crippen molar-refractivity contribution < 1.29 is 9.13 Å². The minimum Gasteiger partial charge on any atom is -0.623 e. The number of halogens is 2. The van der Waals surface area contributed by atoms with E-state index in [-0.39, 0.29) is 12.1 Å². The maximum Gasteiger partial charge on any atom is 0.231 e. The molecule has 3 aromatic rings. The van der Waals surface area contributed by atoms with Gasteiger partial charge in [0.1, 0.15) is 5.82 Å². The first-order valence-corrected chi connectivity index (χ1v) is 8.25. The lowest BCUT2D eigenvalue weighted by Crippen LogP contribution is -2.19. The fraction of sp³-hybridized carbons (Fsp3) is 0.111. The molecule has 0 aliphatic carbocycles. The van der Waals surface area contributed by atoms with E-state index in [0.29, 0.717) is 17.1 Å². The van der Waals surface area contributed by atoms with Crippen molar-refractivity contribution in [3.63, 3.8) is 0 Å². The number of aromatic nitrogens is 2. The Hall–Kier alpha value is -2.47. The molecular formula is C18H13BrFN3O. The van der Waals surface area contributed by atoms with Gasteiger partial charge < -0.3 is 5.21 Å². The van der Waals surface area contributed by atoms with Gasteiger partial charge in [0.25, 0.3) is 0 Å². The summed E-state index contributed by atoms with van der Waals surface area (Å²) in [5.41, 5.74) is 3.02. The maximum atomic E-state index is 14.4. The molecule has 2 heterocycles. The third kappa shape index (κ3) is 2.26. The molecule has 24 heavy (non-hydrogen) atoms. The first kappa shape index (κ1) is 15.1. The monoisotopic (exact) mass is 385 g/mol. The van der Waals surface area contributed by atoms with Gasteiger partial charge in [-0.05, 0) is 37.3 Å². The number of rotatable bonds is 1. The van der Waals surface area contributed by atoms with Crippen LogP contribution in [0.1, 0.15) is 22.6 Å². The fourth-order valence-electron chi connectivity index (χ4n) is 3.09. The molecule has 0 saturated carbocycles. The zero-order chi connectivity index (χ0) is 16.8. The summed E-state index contributed by atoms with van der Waals surface area (Å²) >= 11 is 3.45. The molecule has 2 aromatic carbocycles. The van der Waals surface area contributed by atoms with Crippen molar-refractivity contribution in [3.8, 4) is 5.69 Å². The van der Waals surface area contributed by atoms with Gasteiger partial charge in [0.05, 0.1) is 16.8 Å². The van der Waals surface area contributed by atoms with Gasteiger partial charge in [-0.3, -0.25) is 4.57 Å². The second-order valence-corrected chi connectivity index (χ2v) is 6.59. The van der Waals surface area contributed by atoms with Gasteiger partial charge in [-0.2, -0.15) is 4.74 Å². The van der Waals surface area contributed by atoms with E-state index in [0.717, 1.165) is 20.6 Å². The number of imidazole rings is 1. The zero-order valence-corrected chi connectivity index (χ0v) is 14.4. The third-order valence-electron chi connectivity index (χ3n) is 4.13. The molecule has 6 heteroatoms. The minimum atomic E-state index is -0.421. The molecule has 0 radical (unpaired) electrons. The summed E-state index contributed by atoms with van der Waals surface area (Å²) in [4.78, 5) is 4.34. The molecule has 0 unspecified atom stereocenters. The number of fused-ring (bicyclic) bond motifs is 3. The van der Waals surface area contributed by atoms with Crippen molar-refractivity contribution in [3.05, 3.63) is 86.8 Å². The maximum absolute atomic E-state index is 14.4. The fourth-order valence-corrected chi connectivity index (χ4v) is 3.46. The van der Waals surface area contributed by atoms with Crippen molar-refractivity contribution >= 4 is 21.6 Å². The van der Waals surface area contributed by atoms with Gasteiger partial charge in [0.2, 0.25) is 12.3 Å². The van der Waals surface area contributed by atoms with Gasteiger partial charge >= 0.3 is 0 Å². The van der Waals surface area contributed by atoms with Crippen LogP contribution < -0.4 is 0 Å². The molecular weight excluding hydrogens is 373 g/mol. The van der Waals surface area contributed by atoms with E-state index in [1.807, 2.05) is 29.7 Å². The molecule has 0 fully saturated rings. The second kappa shape index (κ2) is 5.56. The lowest BCUT2D eigenvalue weighted by molar-refractivity contribution is -0.475. The molecule has 4 rings (SSSR count). The third-order valence-corrected chi connectivity index (χ3v) is 4.62. The zero-order valence-electron chi connectivity index (χ0n) is 12.8. The molecule has 0 amide bonds. The molecule has 0 spiro atoms. The highest BCUT2D eigenvalue weighted by atomic mass is 79.9. The van der Waals surface area contributed by atoms with Crippen LogP contribution in [0, 0.1) is 17.9 Å². The standard InChI is InChI=1S/C18H13BrFN3O/c1-11-9-21-17-10-22(24)18(13-4-2-3-5-15(13)20)14-8-12(19)6-7-16(14)23(11)17/h2-9H,10H2,1H3. The number of nitrogens with zero attached hydrogens (tertiary/aromatic N) is 3. The van der Waals surface area contributed by atoms with E-state index < -0.39 is 5.82 Å². The lowest BCUT2D eigenvalue weighted by Gasteiger charge is -2.12. The van der Waals surface area contributed by atoms with Gasteiger partial charge in [0.15, 0.2) is 5.82 Å². The molecule has 1 aliphatic rings. The smallest absolute Gasteiger partial charge is 0.231 e. The summed E-state index contributed by atoms with van der Waals surface area (Å²) in [5.74, 6) is 0.216. The summed E-state index contributed by atoms with van der Waals surface area (Å²) in [6.07, 6.45) is 1.74. The molecule has 1 aromatic heterocycles. The molecule has 120 valence electrons. The molecule has 0 saturated heterocycles. The first-order chi connectivity index (χ1) is 11.6. The summed E-state index contributed by atoms with van der Waals surface area (Å²) in [6.45, 7) is 2.00. The number of hydrogen-bond donors (Lipinski definition) is 0. The van der Waals surface area contributed by atoms with Gasteiger partial charge in [-0.1, -0.05) is 28.1 Å². The summed E-state index contributed by atoms with van der Waals surface area (Å²) in [7, 11) is 0. The number of benzene rings is 2. The van der Waals surface area contributed by atoms with Crippen LogP contribution in [0.5, 0.6) is 0 Å². The van der Waals surface area contributed by atoms with Crippen LogP contribution >= 0.6 is 15.9 Å². The Morgan fingerprint density at radius 3 is 2.79 bits per heavy atom. The van der Waals surface area contributed by atoms with Crippen LogP contribution in [-0.4, -0.2) is 20.0 Å². The quantitative estimate of drug-likeness (QED) is 0.470. The average molecular weight is 386 g/mol.